The van der Waals surface area contributed by atoms with Crippen LogP contribution in [-0.4, -0.2) is 64.9 Å². The second kappa shape index (κ2) is 6.55. The lowest BCUT2D eigenvalue weighted by Gasteiger charge is -2.43. The van der Waals surface area contributed by atoms with E-state index in [9.17, 15) is 8.42 Å². The topological polar surface area (TPSA) is 69.3 Å². The highest BCUT2D eigenvalue weighted by Gasteiger charge is 2.46. The maximum atomic E-state index is 12.3. The molecule has 2 fully saturated rings. The molecular weight excluding hydrogens is 336 g/mol. The molecule has 2 atom stereocenters. The Hall–Kier alpha value is -1.70. The molecule has 6 nitrogen and oxygen atoms in total. The number of fused-ring (bicyclic) bond motifs is 1. The Morgan fingerprint density at radius 3 is 2.32 bits per heavy atom. The van der Waals surface area contributed by atoms with E-state index in [1.807, 2.05) is 25.1 Å². The maximum absolute atomic E-state index is 12.3. The number of piperazine rings is 1. The maximum Gasteiger partial charge on any atom is 0.153 e. The van der Waals surface area contributed by atoms with Gasteiger partial charge in [0.2, 0.25) is 0 Å². The van der Waals surface area contributed by atoms with Gasteiger partial charge in [0.25, 0.3) is 0 Å². The third-order valence-electron chi connectivity index (χ3n) is 5.42. The molecule has 2 saturated heterocycles. The van der Waals surface area contributed by atoms with E-state index in [1.165, 1.54) is 5.56 Å². The monoisotopic (exact) mass is 360 g/mol. The average Bonchev–Trinajstić information content (AvgIpc) is 3.13. The molecule has 0 spiro atoms. The van der Waals surface area contributed by atoms with Gasteiger partial charge in [-0.15, -0.1) is 0 Å². The highest BCUT2D eigenvalue weighted by molar-refractivity contribution is 7.91. The molecule has 134 valence electrons. The predicted molar refractivity (Wildman–Crippen MR) is 96.8 cm³/mol. The van der Waals surface area contributed by atoms with Gasteiger partial charge in [-0.05, 0) is 12.5 Å². The Kier molecular flexibility index (Phi) is 4.39. The number of nitrogens with zero attached hydrogens (tertiary/aromatic N) is 3. The molecule has 1 aromatic heterocycles. The first kappa shape index (κ1) is 16.8. The predicted octanol–water partition coefficient (Wildman–Crippen LogP) is 1.20. The molecule has 4 rings (SSSR count). The zero-order valence-electron chi connectivity index (χ0n) is 14.4. The summed E-state index contributed by atoms with van der Waals surface area (Å²) in [6.45, 7) is 5.29. The van der Waals surface area contributed by atoms with Crippen LogP contribution in [-0.2, 0) is 22.9 Å². The second-order valence-electron chi connectivity index (χ2n) is 7.11. The van der Waals surface area contributed by atoms with Crippen LogP contribution < -0.4 is 0 Å². The highest BCUT2D eigenvalue weighted by Crippen LogP contribution is 2.29. The minimum Gasteiger partial charge on any atom is -0.348 e. The number of rotatable bonds is 4. The number of aryl methyl sites for hydroxylation is 1. The number of sulfone groups is 1. The van der Waals surface area contributed by atoms with Gasteiger partial charge in [-0.3, -0.25) is 9.80 Å². The average molecular weight is 360 g/mol. The minimum absolute atomic E-state index is 0.0542. The lowest BCUT2D eigenvalue weighted by Crippen LogP contribution is -2.58. The fourth-order valence-electron chi connectivity index (χ4n) is 4.05. The molecule has 2 aromatic rings. The molecule has 2 aliphatic heterocycles. The van der Waals surface area contributed by atoms with Gasteiger partial charge < -0.3 is 4.98 Å². The van der Waals surface area contributed by atoms with Crippen molar-refractivity contribution in [3.05, 3.63) is 53.6 Å². The van der Waals surface area contributed by atoms with Crippen molar-refractivity contribution < 1.29 is 8.42 Å². The van der Waals surface area contributed by atoms with Gasteiger partial charge in [0.05, 0.1) is 23.5 Å². The molecule has 2 aliphatic rings. The third-order valence-corrected chi connectivity index (χ3v) is 7.12. The summed E-state index contributed by atoms with van der Waals surface area (Å²) in [6, 6.07) is 10.4. The summed E-state index contributed by atoms with van der Waals surface area (Å²) in [4.78, 5) is 12.1. The summed E-state index contributed by atoms with van der Waals surface area (Å²) < 4.78 is 24.7. The number of aromatic amines is 1. The van der Waals surface area contributed by atoms with Gasteiger partial charge in [0.1, 0.15) is 0 Å². The van der Waals surface area contributed by atoms with E-state index < -0.39 is 9.84 Å². The number of hydrogen-bond donors (Lipinski definition) is 1. The van der Waals surface area contributed by atoms with Crippen molar-refractivity contribution in [2.75, 3.05) is 24.6 Å². The Bertz CT molecular complexity index is 834. The molecule has 0 bridgehead atoms. The fourth-order valence-corrected chi connectivity index (χ4v) is 6.09. The van der Waals surface area contributed by atoms with E-state index in [0.29, 0.717) is 6.54 Å². The third kappa shape index (κ3) is 3.49. The van der Waals surface area contributed by atoms with Crippen molar-refractivity contribution in [3.63, 3.8) is 0 Å². The first-order chi connectivity index (χ1) is 12.0. The number of nitrogens with one attached hydrogen (secondary N) is 1. The quantitative estimate of drug-likeness (QED) is 0.887. The van der Waals surface area contributed by atoms with Gasteiger partial charge in [-0.25, -0.2) is 13.4 Å². The largest absolute Gasteiger partial charge is 0.348 e. The molecule has 1 N–H and O–H groups in total. The first-order valence-corrected chi connectivity index (χ1v) is 10.6. The van der Waals surface area contributed by atoms with Crippen LogP contribution in [0, 0.1) is 6.92 Å². The molecule has 3 heterocycles. The van der Waals surface area contributed by atoms with Gasteiger partial charge in [0.15, 0.2) is 9.84 Å². The van der Waals surface area contributed by atoms with Crippen LogP contribution in [0.15, 0.2) is 36.7 Å². The molecule has 0 unspecified atom stereocenters. The van der Waals surface area contributed by atoms with Crippen molar-refractivity contribution >= 4 is 9.84 Å². The van der Waals surface area contributed by atoms with Crippen LogP contribution in [0.25, 0.3) is 0 Å². The zero-order valence-corrected chi connectivity index (χ0v) is 15.2. The number of imidazole rings is 1. The second-order valence-corrected chi connectivity index (χ2v) is 9.27. The number of benzene rings is 1. The fraction of sp³-hybridized carbons (Fsp3) is 0.500. The minimum atomic E-state index is -2.99. The van der Waals surface area contributed by atoms with Crippen LogP contribution in [0.4, 0.5) is 0 Å². The normalized spacial score (nSPS) is 26.6. The van der Waals surface area contributed by atoms with Crippen LogP contribution in [0.1, 0.15) is 17.0 Å². The summed E-state index contributed by atoms with van der Waals surface area (Å²) in [5, 5.41) is 0. The van der Waals surface area contributed by atoms with E-state index in [-0.39, 0.29) is 23.6 Å². The Labute approximate surface area is 148 Å². The van der Waals surface area contributed by atoms with Gasteiger partial charge in [0, 0.05) is 44.0 Å². The van der Waals surface area contributed by atoms with E-state index in [1.54, 1.807) is 6.33 Å². The van der Waals surface area contributed by atoms with Crippen LogP contribution in [0.2, 0.25) is 0 Å². The summed E-state index contributed by atoms with van der Waals surface area (Å²) in [5.41, 5.74) is 3.31. The van der Waals surface area contributed by atoms with Crippen LogP contribution in [0.5, 0.6) is 0 Å². The van der Waals surface area contributed by atoms with Crippen LogP contribution >= 0.6 is 0 Å². The lowest BCUT2D eigenvalue weighted by molar-refractivity contribution is 0.0347. The van der Waals surface area contributed by atoms with E-state index in [2.05, 4.69) is 31.9 Å². The number of H-pyrrole nitrogens is 1. The molecule has 0 radical (unpaired) electrons. The SMILES string of the molecule is Cc1[nH]cnc1CN1CCN(Cc2ccccc2)[C@@H]2CS(=O)(=O)C[C@@H]21. The zero-order chi connectivity index (χ0) is 17.4. The summed E-state index contributed by atoms with van der Waals surface area (Å²) >= 11 is 0. The first-order valence-electron chi connectivity index (χ1n) is 8.73. The molecule has 0 amide bonds. The number of aromatic nitrogens is 2. The van der Waals surface area contributed by atoms with Crippen molar-refractivity contribution in [1.82, 2.24) is 19.8 Å². The van der Waals surface area contributed by atoms with Crippen molar-refractivity contribution in [2.24, 2.45) is 0 Å². The van der Waals surface area contributed by atoms with E-state index in [0.717, 1.165) is 31.0 Å². The molecular formula is C18H24N4O2S. The van der Waals surface area contributed by atoms with Gasteiger partial charge in [-0.2, -0.15) is 0 Å². The molecule has 7 heteroatoms. The molecule has 25 heavy (non-hydrogen) atoms. The van der Waals surface area contributed by atoms with Gasteiger partial charge in [-0.1, -0.05) is 30.3 Å². The standard InChI is InChI=1S/C18H24N4O2S/c1-14-16(20-13-19-14)10-22-8-7-21(9-15-5-3-2-4-6-15)17-11-25(23,24)12-18(17)22/h2-6,13,17-18H,7-12H2,1H3,(H,19,20)/t17-,18+/m1/s1. The Morgan fingerprint density at radius 1 is 1.08 bits per heavy atom. The van der Waals surface area contributed by atoms with E-state index >= 15 is 0 Å². The molecule has 0 saturated carbocycles. The molecule has 1 aromatic carbocycles. The van der Waals surface area contributed by atoms with E-state index in [4.69, 9.17) is 0 Å². The van der Waals surface area contributed by atoms with Gasteiger partial charge >= 0.3 is 0 Å². The summed E-state index contributed by atoms with van der Waals surface area (Å²) in [7, 11) is -2.99. The Morgan fingerprint density at radius 2 is 1.72 bits per heavy atom. The van der Waals surface area contributed by atoms with Crippen molar-refractivity contribution in [1.29, 1.82) is 0 Å². The molecule has 0 aliphatic carbocycles. The lowest BCUT2D eigenvalue weighted by atomic mass is 10.0. The van der Waals surface area contributed by atoms with Crippen LogP contribution in [0.3, 0.4) is 0 Å². The Balaban J connectivity index is 1.54. The summed E-state index contributed by atoms with van der Waals surface area (Å²) in [6.07, 6.45) is 1.71. The smallest absolute Gasteiger partial charge is 0.153 e. The highest BCUT2D eigenvalue weighted by atomic mass is 32.2. The van der Waals surface area contributed by atoms with Crippen molar-refractivity contribution in [3.8, 4) is 0 Å². The van der Waals surface area contributed by atoms with Crippen molar-refractivity contribution in [2.45, 2.75) is 32.1 Å². The summed E-state index contributed by atoms with van der Waals surface area (Å²) in [5.74, 6) is 0.521. The number of hydrogen-bond acceptors (Lipinski definition) is 5.